The van der Waals surface area contributed by atoms with E-state index < -0.39 is 4.92 Å². The summed E-state index contributed by atoms with van der Waals surface area (Å²) < 4.78 is 1.72. The second-order valence-electron chi connectivity index (χ2n) is 5.81. The van der Waals surface area contributed by atoms with Gasteiger partial charge in [-0.2, -0.15) is 4.57 Å². The van der Waals surface area contributed by atoms with E-state index in [-0.39, 0.29) is 11.2 Å². The molecule has 0 aliphatic rings. The van der Waals surface area contributed by atoms with Crippen LogP contribution in [0.2, 0.25) is 0 Å². The zero-order valence-corrected chi connectivity index (χ0v) is 13.6. The zero-order chi connectivity index (χ0) is 18.1. The number of benzene rings is 2. The highest BCUT2D eigenvalue weighted by Crippen LogP contribution is 2.31. The Hall–Kier alpha value is -3.80. The molecular weight excluding hydrogens is 330 g/mol. The number of nitro benzene ring substituents is 1. The Kier molecular flexibility index (Phi) is 3.78. The Morgan fingerprint density at radius 3 is 2.31 bits per heavy atom. The lowest BCUT2D eigenvalue weighted by Crippen LogP contribution is -2.37. The summed E-state index contributed by atoms with van der Waals surface area (Å²) in [5.41, 5.74) is 2.16. The van der Waals surface area contributed by atoms with Gasteiger partial charge in [-0.15, -0.1) is 0 Å². The molecule has 26 heavy (non-hydrogen) atoms. The third-order valence-electron chi connectivity index (χ3n) is 4.22. The van der Waals surface area contributed by atoms with Crippen LogP contribution in [0.4, 0.5) is 5.69 Å². The first kappa shape index (κ1) is 15.7. The number of fused-ring (bicyclic) bond motifs is 1. The van der Waals surface area contributed by atoms with Crippen LogP contribution in [0.15, 0.2) is 83.9 Å². The molecule has 2 aromatic heterocycles. The number of nitrogens with one attached hydrogen (secondary N) is 1. The molecule has 0 amide bonds. The van der Waals surface area contributed by atoms with E-state index in [0.717, 1.165) is 5.56 Å². The molecule has 4 aromatic rings. The largest absolute Gasteiger partial charge is 0.321 e. The summed E-state index contributed by atoms with van der Waals surface area (Å²) >= 11 is 0. The van der Waals surface area contributed by atoms with Crippen LogP contribution in [-0.4, -0.2) is 9.91 Å². The molecule has 126 valence electrons. The fourth-order valence-electron chi connectivity index (χ4n) is 3.08. The molecule has 6 nitrogen and oxygen atoms in total. The van der Waals surface area contributed by atoms with Crippen LogP contribution < -0.4 is 10.1 Å². The first-order valence-corrected chi connectivity index (χ1v) is 8.01. The second kappa shape index (κ2) is 6.25. The Morgan fingerprint density at radius 1 is 0.923 bits per heavy atom. The van der Waals surface area contributed by atoms with Crippen molar-refractivity contribution < 1.29 is 9.49 Å². The fourth-order valence-corrected chi connectivity index (χ4v) is 3.08. The van der Waals surface area contributed by atoms with Crippen molar-refractivity contribution in [2.75, 3.05) is 0 Å². The van der Waals surface area contributed by atoms with Crippen molar-refractivity contribution in [2.45, 2.75) is 0 Å². The lowest BCUT2D eigenvalue weighted by atomic mass is 9.98. The standard InChI is InChI=1S/C20H13N3O3/c24-20-19(22-11-5-2-6-12-22)18(14-7-3-1-4-8-14)16-13-15(23(25)26)9-10-17(16)21-20/h1-13H/p+1. The van der Waals surface area contributed by atoms with E-state index in [1.165, 1.54) is 12.1 Å². The minimum Gasteiger partial charge on any atom is -0.316 e. The number of nitro groups is 1. The smallest absolute Gasteiger partial charge is 0.316 e. The monoisotopic (exact) mass is 344 g/mol. The van der Waals surface area contributed by atoms with Crippen molar-refractivity contribution in [2.24, 2.45) is 0 Å². The topological polar surface area (TPSA) is 79.9 Å². The predicted molar refractivity (Wildman–Crippen MR) is 98.2 cm³/mol. The van der Waals surface area contributed by atoms with Crippen molar-refractivity contribution in [1.29, 1.82) is 0 Å². The van der Waals surface area contributed by atoms with Crippen molar-refractivity contribution in [1.82, 2.24) is 4.98 Å². The highest BCUT2D eigenvalue weighted by Gasteiger charge is 2.23. The number of hydrogen-bond donors (Lipinski definition) is 1. The average molecular weight is 344 g/mol. The SMILES string of the molecule is O=c1[nH]c2ccc([N+](=O)[O-])cc2c(-c2ccccc2)c1-[n+]1ccccc1. The quantitative estimate of drug-likeness (QED) is 0.351. The summed E-state index contributed by atoms with van der Waals surface area (Å²) in [5.74, 6) is 0. The maximum Gasteiger partial charge on any atom is 0.321 e. The zero-order valence-electron chi connectivity index (χ0n) is 13.6. The predicted octanol–water partition coefficient (Wildman–Crippen LogP) is 3.38. The summed E-state index contributed by atoms with van der Waals surface area (Å²) in [7, 11) is 0. The normalized spacial score (nSPS) is 10.8. The van der Waals surface area contributed by atoms with Gasteiger partial charge < -0.3 is 4.98 Å². The van der Waals surface area contributed by atoms with Gasteiger partial charge in [-0.05, 0) is 11.6 Å². The maximum absolute atomic E-state index is 12.8. The van der Waals surface area contributed by atoms with E-state index in [1.807, 2.05) is 48.5 Å². The minimum atomic E-state index is -0.436. The summed E-state index contributed by atoms with van der Waals surface area (Å²) in [4.78, 5) is 26.5. The van der Waals surface area contributed by atoms with Gasteiger partial charge >= 0.3 is 5.56 Å². The molecule has 0 saturated carbocycles. The highest BCUT2D eigenvalue weighted by atomic mass is 16.6. The molecule has 0 radical (unpaired) electrons. The van der Waals surface area contributed by atoms with E-state index in [1.54, 1.807) is 23.0 Å². The molecule has 0 aliphatic heterocycles. The van der Waals surface area contributed by atoms with Crippen LogP contribution >= 0.6 is 0 Å². The van der Waals surface area contributed by atoms with Gasteiger partial charge in [0.1, 0.15) is 0 Å². The first-order chi connectivity index (χ1) is 12.6. The molecule has 2 aromatic carbocycles. The van der Waals surface area contributed by atoms with Crippen LogP contribution in [0.3, 0.4) is 0 Å². The third kappa shape index (κ3) is 2.63. The third-order valence-corrected chi connectivity index (χ3v) is 4.22. The summed E-state index contributed by atoms with van der Waals surface area (Å²) in [6, 6.07) is 19.4. The van der Waals surface area contributed by atoms with Crippen molar-refractivity contribution in [3.05, 3.63) is 99.6 Å². The summed E-state index contributed by atoms with van der Waals surface area (Å²) in [6.45, 7) is 0. The van der Waals surface area contributed by atoms with Crippen molar-refractivity contribution in [3.63, 3.8) is 0 Å². The van der Waals surface area contributed by atoms with Crippen LogP contribution in [-0.2, 0) is 0 Å². The molecule has 2 heterocycles. The van der Waals surface area contributed by atoms with Crippen molar-refractivity contribution >= 4 is 16.6 Å². The van der Waals surface area contributed by atoms with Gasteiger partial charge in [0.25, 0.3) is 11.4 Å². The van der Waals surface area contributed by atoms with Gasteiger partial charge in [0, 0.05) is 35.2 Å². The Bertz CT molecular complexity index is 1170. The van der Waals surface area contributed by atoms with Gasteiger partial charge in [-0.25, -0.2) is 0 Å². The summed E-state index contributed by atoms with van der Waals surface area (Å²) in [6.07, 6.45) is 3.56. The molecule has 6 heteroatoms. The van der Waals surface area contributed by atoms with Crippen LogP contribution in [0, 0.1) is 10.1 Å². The maximum atomic E-state index is 12.8. The van der Waals surface area contributed by atoms with Crippen LogP contribution in [0.1, 0.15) is 0 Å². The summed E-state index contributed by atoms with van der Waals surface area (Å²) in [5, 5.41) is 11.9. The van der Waals surface area contributed by atoms with Crippen LogP contribution in [0.5, 0.6) is 0 Å². The second-order valence-corrected chi connectivity index (χ2v) is 5.81. The van der Waals surface area contributed by atoms with E-state index >= 15 is 0 Å². The van der Waals surface area contributed by atoms with Gasteiger partial charge in [0.05, 0.1) is 10.5 Å². The van der Waals surface area contributed by atoms with Crippen molar-refractivity contribution in [3.8, 4) is 16.8 Å². The molecule has 4 rings (SSSR count). The number of pyridine rings is 2. The number of nitrogens with zero attached hydrogens (tertiary/aromatic N) is 2. The van der Waals surface area contributed by atoms with Gasteiger partial charge in [-0.1, -0.05) is 36.4 Å². The lowest BCUT2D eigenvalue weighted by molar-refractivity contribution is -0.596. The Labute approximate surface area is 148 Å². The average Bonchev–Trinajstić information content (AvgIpc) is 2.68. The van der Waals surface area contributed by atoms with E-state index in [4.69, 9.17) is 0 Å². The van der Waals surface area contributed by atoms with Gasteiger partial charge in [0.2, 0.25) is 0 Å². The van der Waals surface area contributed by atoms with E-state index in [2.05, 4.69) is 4.98 Å². The number of non-ortho nitro benzene ring substituents is 1. The molecular formula is C20H14N3O3+. The lowest BCUT2D eigenvalue weighted by Gasteiger charge is -2.09. The van der Waals surface area contributed by atoms with Gasteiger partial charge in [-0.3, -0.25) is 14.9 Å². The van der Waals surface area contributed by atoms with Crippen LogP contribution in [0.25, 0.3) is 27.7 Å². The molecule has 0 saturated heterocycles. The molecule has 0 aliphatic carbocycles. The Morgan fingerprint density at radius 2 is 1.62 bits per heavy atom. The molecule has 0 bridgehead atoms. The molecule has 1 N–H and O–H groups in total. The molecule has 0 unspecified atom stereocenters. The van der Waals surface area contributed by atoms with E-state index in [0.29, 0.717) is 22.2 Å². The number of aromatic amines is 1. The number of H-pyrrole nitrogens is 1. The number of hydrogen-bond acceptors (Lipinski definition) is 3. The van der Waals surface area contributed by atoms with Gasteiger partial charge in [0.15, 0.2) is 12.4 Å². The molecule has 0 spiro atoms. The highest BCUT2D eigenvalue weighted by molar-refractivity contribution is 5.98. The first-order valence-electron chi connectivity index (χ1n) is 8.01. The number of aromatic nitrogens is 2. The fraction of sp³-hybridized carbons (Fsp3) is 0. The number of rotatable bonds is 3. The Balaban J connectivity index is 2.18. The molecule has 0 fully saturated rings. The minimum absolute atomic E-state index is 0.0225. The molecule has 0 atom stereocenters. The van der Waals surface area contributed by atoms with E-state index in [9.17, 15) is 14.9 Å².